The predicted molar refractivity (Wildman–Crippen MR) is 72.8 cm³/mol. The molecule has 0 saturated carbocycles. The van der Waals surface area contributed by atoms with Crippen molar-refractivity contribution in [3.05, 3.63) is 54.0 Å². The Morgan fingerprint density at radius 3 is 3.05 bits per heavy atom. The molecule has 1 atom stereocenters. The minimum Gasteiger partial charge on any atom is -0.361 e. The van der Waals surface area contributed by atoms with Crippen molar-refractivity contribution in [3.63, 3.8) is 0 Å². The zero-order chi connectivity index (χ0) is 13.2. The molecule has 3 aromatic rings. The lowest BCUT2D eigenvalue weighted by Gasteiger charge is -2.12. The van der Waals surface area contributed by atoms with Gasteiger partial charge in [-0.3, -0.25) is 9.89 Å². The van der Waals surface area contributed by atoms with Crippen molar-refractivity contribution in [3.8, 4) is 0 Å². The number of nitrogens with zero attached hydrogens (tertiary/aromatic N) is 1. The van der Waals surface area contributed by atoms with Gasteiger partial charge in [0.15, 0.2) is 0 Å². The third-order valence-corrected chi connectivity index (χ3v) is 3.20. The fourth-order valence-electron chi connectivity index (χ4n) is 2.13. The summed E-state index contributed by atoms with van der Waals surface area (Å²) in [4.78, 5) is 15.4. The maximum Gasteiger partial charge on any atom is 0.253 e. The van der Waals surface area contributed by atoms with Crippen LogP contribution in [0.5, 0.6) is 0 Å². The van der Waals surface area contributed by atoms with Crippen LogP contribution in [0, 0.1) is 0 Å². The Hall–Kier alpha value is -2.56. The van der Waals surface area contributed by atoms with Crippen molar-refractivity contribution >= 4 is 16.8 Å². The highest BCUT2D eigenvalue weighted by molar-refractivity contribution is 6.05. The number of aromatic nitrogens is 3. The number of para-hydroxylation sites is 1. The third kappa shape index (κ3) is 2.10. The van der Waals surface area contributed by atoms with E-state index in [9.17, 15) is 4.79 Å². The Morgan fingerprint density at radius 2 is 2.26 bits per heavy atom. The molecular weight excluding hydrogens is 240 g/mol. The van der Waals surface area contributed by atoms with E-state index >= 15 is 0 Å². The summed E-state index contributed by atoms with van der Waals surface area (Å²) in [5.74, 6) is -0.0956. The first-order valence-corrected chi connectivity index (χ1v) is 6.11. The highest BCUT2D eigenvalue weighted by Crippen LogP contribution is 2.18. The molecule has 1 unspecified atom stereocenters. The van der Waals surface area contributed by atoms with Crippen molar-refractivity contribution in [2.24, 2.45) is 0 Å². The molecule has 1 aromatic carbocycles. The van der Waals surface area contributed by atoms with Crippen LogP contribution in [0.1, 0.15) is 28.9 Å². The fraction of sp³-hybridized carbons (Fsp3) is 0.143. The third-order valence-electron chi connectivity index (χ3n) is 3.20. The second-order valence-corrected chi connectivity index (χ2v) is 4.47. The van der Waals surface area contributed by atoms with Crippen LogP contribution in [0.25, 0.3) is 10.9 Å². The Balaban J connectivity index is 1.86. The molecule has 3 rings (SSSR count). The number of fused-ring (bicyclic) bond motifs is 1. The number of rotatable bonds is 3. The van der Waals surface area contributed by atoms with Gasteiger partial charge >= 0.3 is 0 Å². The Morgan fingerprint density at radius 1 is 1.37 bits per heavy atom. The van der Waals surface area contributed by atoms with E-state index in [0.717, 1.165) is 16.5 Å². The van der Waals surface area contributed by atoms with Gasteiger partial charge in [-0.2, -0.15) is 5.10 Å². The molecule has 0 aliphatic carbocycles. The van der Waals surface area contributed by atoms with Crippen LogP contribution in [0.3, 0.4) is 0 Å². The van der Waals surface area contributed by atoms with Crippen LogP contribution in [0.15, 0.2) is 42.9 Å². The van der Waals surface area contributed by atoms with Crippen LogP contribution in [0.2, 0.25) is 0 Å². The number of carbonyl (C=O) groups is 1. The second-order valence-electron chi connectivity index (χ2n) is 4.47. The lowest BCUT2D eigenvalue weighted by Crippen LogP contribution is -2.26. The molecule has 0 saturated heterocycles. The second kappa shape index (κ2) is 4.61. The van der Waals surface area contributed by atoms with Crippen LogP contribution >= 0.6 is 0 Å². The van der Waals surface area contributed by atoms with E-state index in [-0.39, 0.29) is 11.9 Å². The largest absolute Gasteiger partial charge is 0.361 e. The van der Waals surface area contributed by atoms with Crippen LogP contribution in [-0.2, 0) is 0 Å². The zero-order valence-corrected chi connectivity index (χ0v) is 10.5. The zero-order valence-electron chi connectivity index (χ0n) is 10.5. The summed E-state index contributed by atoms with van der Waals surface area (Å²) >= 11 is 0. The van der Waals surface area contributed by atoms with Gasteiger partial charge < -0.3 is 10.3 Å². The molecule has 0 aliphatic rings. The minimum absolute atomic E-state index is 0.0866. The van der Waals surface area contributed by atoms with Gasteiger partial charge in [-0.05, 0) is 19.1 Å². The average molecular weight is 254 g/mol. The van der Waals surface area contributed by atoms with Gasteiger partial charge in [-0.15, -0.1) is 0 Å². The summed E-state index contributed by atoms with van der Waals surface area (Å²) in [6.45, 7) is 1.93. The maximum atomic E-state index is 12.3. The molecule has 5 nitrogen and oxygen atoms in total. The Kier molecular flexibility index (Phi) is 2.79. The number of hydrogen-bond acceptors (Lipinski definition) is 2. The molecular formula is C14H14N4O. The van der Waals surface area contributed by atoms with Crippen molar-refractivity contribution in [1.82, 2.24) is 20.5 Å². The van der Waals surface area contributed by atoms with E-state index in [1.54, 1.807) is 12.4 Å². The molecule has 0 fully saturated rings. The minimum atomic E-state index is -0.0956. The Bertz CT molecular complexity index is 699. The number of carbonyl (C=O) groups excluding carboxylic acids is 1. The molecule has 2 heterocycles. The summed E-state index contributed by atoms with van der Waals surface area (Å²) in [5.41, 5.74) is 2.46. The molecule has 0 radical (unpaired) electrons. The number of nitrogens with one attached hydrogen (secondary N) is 3. The van der Waals surface area contributed by atoms with Crippen molar-refractivity contribution < 1.29 is 4.79 Å². The maximum absolute atomic E-state index is 12.3. The van der Waals surface area contributed by atoms with E-state index < -0.39 is 0 Å². The number of aromatic amines is 2. The smallest absolute Gasteiger partial charge is 0.253 e. The number of amides is 1. The number of H-pyrrole nitrogens is 2. The molecule has 19 heavy (non-hydrogen) atoms. The molecule has 5 heteroatoms. The Labute approximate surface area is 110 Å². The molecule has 2 aromatic heterocycles. The lowest BCUT2D eigenvalue weighted by molar-refractivity contribution is 0.0941. The van der Waals surface area contributed by atoms with Gasteiger partial charge in [0.1, 0.15) is 0 Å². The predicted octanol–water partition coefficient (Wildman–Crippen LogP) is 2.38. The average Bonchev–Trinajstić information content (AvgIpc) is 3.08. The molecule has 0 aliphatic heterocycles. The van der Waals surface area contributed by atoms with Gasteiger partial charge in [-0.1, -0.05) is 12.1 Å². The molecule has 1 amide bonds. The van der Waals surface area contributed by atoms with Gasteiger partial charge in [0.05, 0.1) is 23.3 Å². The standard InChI is InChI=1S/C14H14N4O/c1-9(11-7-16-17-8-11)18-14(19)12-4-2-3-10-5-6-15-13(10)12/h2-9,15H,1H3,(H,16,17)(H,18,19). The van der Waals surface area contributed by atoms with Crippen molar-refractivity contribution in [1.29, 1.82) is 0 Å². The molecule has 0 spiro atoms. The highest BCUT2D eigenvalue weighted by atomic mass is 16.1. The quantitative estimate of drug-likeness (QED) is 0.671. The van der Waals surface area contributed by atoms with E-state index in [1.807, 2.05) is 37.4 Å². The lowest BCUT2D eigenvalue weighted by atomic mass is 10.1. The summed E-state index contributed by atoms with van der Waals surface area (Å²) in [5, 5.41) is 10.6. The first-order valence-electron chi connectivity index (χ1n) is 6.11. The molecule has 3 N–H and O–H groups in total. The normalized spacial score (nSPS) is 12.5. The first kappa shape index (κ1) is 11.5. The summed E-state index contributed by atoms with van der Waals surface area (Å²) < 4.78 is 0. The highest BCUT2D eigenvalue weighted by Gasteiger charge is 2.14. The van der Waals surface area contributed by atoms with Crippen LogP contribution < -0.4 is 5.32 Å². The van der Waals surface area contributed by atoms with Gasteiger partial charge in [-0.25, -0.2) is 0 Å². The SMILES string of the molecule is CC(NC(=O)c1cccc2cc[nH]c12)c1cn[nH]c1. The van der Waals surface area contributed by atoms with Crippen molar-refractivity contribution in [2.75, 3.05) is 0 Å². The number of hydrogen-bond donors (Lipinski definition) is 3. The number of benzene rings is 1. The molecule has 96 valence electrons. The molecule has 0 bridgehead atoms. The monoisotopic (exact) mass is 254 g/mol. The van der Waals surface area contributed by atoms with E-state index in [0.29, 0.717) is 5.56 Å². The van der Waals surface area contributed by atoms with Crippen LogP contribution in [0.4, 0.5) is 0 Å². The summed E-state index contributed by atoms with van der Waals surface area (Å²) in [6.07, 6.45) is 5.32. The summed E-state index contributed by atoms with van der Waals surface area (Å²) in [6, 6.07) is 7.54. The van der Waals surface area contributed by atoms with Crippen LogP contribution in [-0.4, -0.2) is 21.1 Å². The van der Waals surface area contributed by atoms with E-state index in [4.69, 9.17) is 0 Å². The van der Waals surface area contributed by atoms with E-state index in [1.165, 1.54) is 0 Å². The topological polar surface area (TPSA) is 73.6 Å². The van der Waals surface area contributed by atoms with Gasteiger partial charge in [0.2, 0.25) is 0 Å². The van der Waals surface area contributed by atoms with Crippen molar-refractivity contribution in [2.45, 2.75) is 13.0 Å². The summed E-state index contributed by atoms with van der Waals surface area (Å²) in [7, 11) is 0. The fourth-order valence-corrected chi connectivity index (χ4v) is 2.13. The van der Waals surface area contributed by atoms with Gasteiger partial charge in [0.25, 0.3) is 5.91 Å². The van der Waals surface area contributed by atoms with Gasteiger partial charge in [0, 0.05) is 23.3 Å². The van der Waals surface area contributed by atoms with E-state index in [2.05, 4.69) is 20.5 Å². The first-order chi connectivity index (χ1) is 9.25.